The SMILES string of the molecule is [2H]C([2H])(C[C@@H](C)[C@H]1CC[C@H]2[C@H]3[C@H](CC[C@]12C)[C@@]1(C)CC[C@@H](O)C[C@H]1[C@@H](C([2H])([2H])C)[C@@]3([2H])O)C(=O)O.[2H]C([2H])(C[C@@H](C)[C@H]1CC[C@H]2[C@H]3[C@H](CC[C@]12C)[C@@]1(C)CC[C@@H](O)C[C@H]1[C@]([2H])(CC)[C@@]3([2H])O)C(=O)O.[2H]C([2H])([2H])C[C@@H]1[C@@H]2C[C@H](O)CC[C@]2(C)[C@H]2CC[C@]3(C)[C@@H]([C@H](C)CC([2H])([2H])C(=O)O)CC[C@H]3[C@@H]2[C@]1([2H])O.[2H]C([C@@H]1[C@@H]2C[C@H](O)CC[C@]2(C)[C@H]2CC[C@]3(C)[C@@H]([C@H](C)CCC(=O)O)CC[C@H]3[C@@H]2[C@]1([2H])O)C([2H])([2H])[2H].[2H][C@@]1(O)CC[C@]2(C)[C@H]3CC[C@]4(C)[C@@H]([C@H](C)CCC(=O)O)CC[C@H]4[C@@H]3[C@]([2H])(O)[C@H](CC)[C@@H]2C1. The molecule has 20 nitrogen and oxygen atoms in total. The Morgan fingerprint density at radius 2 is 0.513 bits per heavy atom. The van der Waals surface area contributed by atoms with Crippen molar-refractivity contribution >= 4 is 29.8 Å². The van der Waals surface area contributed by atoms with Gasteiger partial charge in [-0.3, -0.25) is 24.0 Å². The van der Waals surface area contributed by atoms with E-state index < -0.39 is 178 Å². The van der Waals surface area contributed by atoms with Gasteiger partial charge in [0.2, 0.25) is 0 Å². The molecule has 20 saturated carbocycles. The van der Waals surface area contributed by atoms with Crippen molar-refractivity contribution in [3.05, 3.63) is 0 Å². The van der Waals surface area contributed by atoms with Gasteiger partial charge >= 0.3 is 29.8 Å². The zero-order valence-electron chi connectivity index (χ0n) is 117. The topological polar surface area (TPSA) is 389 Å². The largest absolute Gasteiger partial charge is 0.481 e. The monoisotopic (exact) mass is 2120 g/mol. The van der Waals surface area contributed by atoms with Crippen molar-refractivity contribution in [2.75, 3.05) is 0 Å². The first-order valence-corrected chi connectivity index (χ1v) is 60.7. The van der Waals surface area contributed by atoms with Gasteiger partial charge in [-0.2, -0.15) is 0 Å². The van der Waals surface area contributed by atoms with Crippen LogP contribution in [0.1, 0.15) is 489 Å². The van der Waals surface area contributed by atoms with E-state index in [2.05, 4.69) is 90.0 Å². The summed E-state index contributed by atoms with van der Waals surface area (Å²) in [4.78, 5) is 56.7. The molecule has 0 aromatic heterocycles. The van der Waals surface area contributed by atoms with Crippen LogP contribution in [0.25, 0.3) is 0 Å². The smallest absolute Gasteiger partial charge is 0.303 e. The van der Waals surface area contributed by atoms with Crippen LogP contribution in [0.15, 0.2) is 0 Å². The zero-order chi connectivity index (χ0) is 129. The van der Waals surface area contributed by atoms with Crippen LogP contribution in [0.2, 0.25) is 0 Å². The lowest BCUT2D eigenvalue weighted by molar-refractivity contribution is -0.203. The summed E-state index contributed by atoms with van der Waals surface area (Å²) in [6.07, 6.45) is 5.76. The first-order chi connectivity index (χ1) is 78.6. The Kier molecular flexibility index (Phi) is 28.6. The maximum Gasteiger partial charge on any atom is 0.303 e. The molecule has 0 aliphatic heterocycles. The molecule has 20 aliphatic rings. The number of rotatable bonds is 25. The molecule has 0 saturated heterocycles. The number of aliphatic hydroxyl groups excluding tert-OH is 4. The van der Waals surface area contributed by atoms with Crippen molar-refractivity contribution in [3.8, 4) is 0 Å². The molecule has 860 valence electrons. The van der Waals surface area contributed by atoms with Gasteiger partial charge in [0, 0.05) is 53.9 Å². The summed E-state index contributed by atoms with van der Waals surface area (Å²) >= 11 is 0. The molecule has 0 aromatic rings. The first kappa shape index (κ1) is 92.5. The van der Waals surface area contributed by atoms with Gasteiger partial charge in [-0.15, -0.1) is 0 Å². The van der Waals surface area contributed by atoms with E-state index in [4.69, 9.17) is 27.0 Å². The number of carboxylic acids is 5. The molecule has 20 heteroatoms. The summed E-state index contributed by atoms with van der Waals surface area (Å²) < 4.78 is 186. The standard InChI is InChI=1S/5C26H44O4/c5*1-5-17-21-14-16(27)10-12-26(21,4)20-11-13-25(3)18(15(2)6-9-22(28)29)7-8-19(25)23(20)24(17)30/h5*15-21,23-24,27,30H,5-14H2,1-4H3,(H,28,29)/t15-,16-,17+,18-,19+,20+,21+,23+,24-,25-,26-;4*15-,16-,17-,18-,19+,20+,21+,23+,24-,25-,26-/m11111/s1/i9D2,17D,24D;5D2,9D2,24D;1D3,9D2,24D;1D3,5D,24D;16D,24D/t3m;5?,15-,16-,17-,18-,19+,20+,21+,23+,24-,25-,26-;m. The van der Waals surface area contributed by atoms with E-state index in [0.717, 1.165) is 161 Å². The van der Waals surface area contributed by atoms with E-state index in [-0.39, 0.29) is 241 Å². The summed E-state index contributed by atoms with van der Waals surface area (Å²) in [7, 11) is 0. The molecule has 56 atom stereocenters. The van der Waals surface area contributed by atoms with Crippen LogP contribution in [0, 0.1) is 261 Å². The Morgan fingerprint density at radius 3 is 0.800 bits per heavy atom. The third-order valence-corrected chi connectivity index (χ3v) is 51.7. The molecule has 0 spiro atoms. The second kappa shape index (κ2) is 46.4. The zero-order valence-corrected chi connectivity index (χ0v) is 95.1. The summed E-state index contributed by atoms with van der Waals surface area (Å²) in [6.45, 7) is 33.0. The lowest BCUT2D eigenvalue weighted by Gasteiger charge is -2.64. The Labute approximate surface area is 937 Å². The fourth-order valence-corrected chi connectivity index (χ4v) is 44.1. The number of carbonyl (C=O) groups is 5. The van der Waals surface area contributed by atoms with Crippen molar-refractivity contribution in [2.24, 2.45) is 261 Å². The Hall–Kier alpha value is -3.05. The van der Waals surface area contributed by atoms with Crippen molar-refractivity contribution in [2.45, 2.75) is 520 Å². The number of aliphatic carboxylic acids is 5. The molecule has 15 N–H and O–H groups in total. The van der Waals surface area contributed by atoms with Crippen LogP contribution in [-0.2, 0) is 24.0 Å². The molecule has 0 amide bonds. The molecule has 20 fully saturated rings. The van der Waals surface area contributed by atoms with E-state index in [1.165, 1.54) is 6.92 Å². The number of fused-ring (bicyclic) bond motifs is 25. The van der Waals surface area contributed by atoms with Gasteiger partial charge in [0.25, 0.3) is 0 Å². The molecule has 1 unspecified atom stereocenters. The highest BCUT2D eigenvalue weighted by Crippen LogP contribution is 2.78. The van der Waals surface area contributed by atoms with Crippen molar-refractivity contribution in [1.29, 1.82) is 0 Å². The summed E-state index contributed by atoms with van der Waals surface area (Å²) in [5.74, 6) is -10.8. The number of hydrogen-bond donors (Lipinski definition) is 15. The van der Waals surface area contributed by atoms with Crippen LogP contribution < -0.4 is 0 Å². The van der Waals surface area contributed by atoms with Crippen LogP contribution in [-0.4, -0.2) is 167 Å². The van der Waals surface area contributed by atoms with Gasteiger partial charge in [0.15, 0.2) is 0 Å². The number of hydrogen-bond acceptors (Lipinski definition) is 15. The minimum Gasteiger partial charge on any atom is -0.481 e. The molecule has 0 heterocycles. The molecule has 20 rings (SSSR count). The van der Waals surface area contributed by atoms with E-state index in [1.54, 1.807) is 0 Å². The van der Waals surface area contributed by atoms with E-state index in [1.807, 2.05) is 27.7 Å². The highest BCUT2D eigenvalue weighted by molar-refractivity contribution is 5.68. The lowest BCUT2D eigenvalue weighted by atomic mass is 9.41. The second-order valence-corrected chi connectivity index (χ2v) is 57.4. The number of aliphatic hydroxyl groups is 10. The van der Waals surface area contributed by atoms with Crippen molar-refractivity contribution in [3.63, 3.8) is 0 Å². The Balaban J connectivity index is 0.000000150. The summed E-state index contributed by atoms with van der Waals surface area (Å²) in [5.41, 5.74) is -1.90. The van der Waals surface area contributed by atoms with Crippen LogP contribution in [0.4, 0.5) is 0 Å². The van der Waals surface area contributed by atoms with Crippen LogP contribution in [0.5, 0.6) is 0 Å². The number of carboxylic acid groups (broad SMARTS) is 5. The minimum absolute atomic E-state index is 0.00127. The van der Waals surface area contributed by atoms with E-state index >= 15 is 0 Å². The molecular formula is C130H220O20. The van der Waals surface area contributed by atoms with Crippen LogP contribution in [0.3, 0.4) is 0 Å². The average molecular weight is 2130 g/mol. The van der Waals surface area contributed by atoms with Gasteiger partial charge in [-0.1, -0.05) is 170 Å². The predicted molar refractivity (Wildman–Crippen MR) is 589 cm³/mol. The van der Waals surface area contributed by atoms with Crippen molar-refractivity contribution < 1.29 is 131 Å². The van der Waals surface area contributed by atoms with Gasteiger partial charge in [0.1, 0.15) is 0 Å². The van der Waals surface area contributed by atoms with Gasteiger partial charge in [-0.05, 0) is 518 Å². The highest BCUT2D eigenvalue weighted by Gasteiger charge is 2.73. The maximum absolute atomic E-state index is 12.0. The quantitative estimate of drug-likeness (QED) is 0.0404. The average Bonchev–Trinajstić information content (AvgIpc) is 1.27. The van der Waals surface area contributed by atoms with Gasteiger partial charge in [0.05, 0.1) is 69.1 Å². The minimum atomic E-state index is -2.61. The predicted octanol–water partition coefficient (Wildman–Crippen LogP) is 25.6. The lowest BCUT2D eigenvalue weighted by Crippen LogP contribution is -2.62. The van der Waals surface area contributed by atoms with E-state index in [0.29, 0.717) is 108 Å². The van der Waals surface area contributed by atoms with Crippen molar-refractivity contribution in [1.82, 2.24) is 0 Å². The van der Waals surface area contributed by atoms with Gasteiger partial charge < -0.3 is 76.6 Å². The molecule has 0 aromatic carbocycles. The highest BCUT2D eigenvalue weighted by atomic mass is 16.4. The van der Waals surface area contributed by atoms with Crippen LogP contribution >= 0.6 is 0 Å². The third-order valence-electron chi connectivity index (χ3n) is 51.7. The molecule has 0 bridgehead atoms. The van der Waals surface area contributed by atoms with E-state index in [9.17, 15) is 104 Å². The second-order valence-electron chi connectivity index (χ2n) is 57.4. The molecular weight excluding hydrogens is 1880 g/mol. The van der Waals surface area contributed by atoms with Gasteiger partial charge in [-0.25, -0.2) is 0 Å². The summed E-state index contributed by atoms with van der Waals surface area (Å²) in [6, 6.07) is 0. The normalized spacial score (nSPS) is 57.9. The Morgan fingerprint density at radius 1 is 0.267 bits per heavy atom. The molecule has 150 heavy (non-hydrogen) atoms. The third kappa shape index (κ3) is 21.1. The fraction of sp³-hybridized carbons (Fsp3) is 0.962. The molecule has 0 radical (unpaired) electrons. The summed E-state index contributed by atoms with van der Waals surface area (Å²) in [5, 5.41) is 159. The fourth-order valence-electron chi connectivity index (χ4n) is 44.1. The maximum atomic E-state index is 12.0. The Bertz CT molecular complexity index is 5620. The first-order valence-electron chi connectivity index (χ1n) is 71.8. The molecule has 20 aliphatic carbocycles.